The number of rotatable bonds is 5. The van der Waals surface area contributed by atoms with Crippen LogP contribution in [0.15, 0.2) is 174 Å². The Morgan fingerprint density at radius 1 is 0.373 bits per heavy atom. The summed E-state index contributed by atoms with van der Waals surface area (Å²) in [4.78, 5) is 19.8. The minimum atomic E-state index is 0.605. The van der Waals surface area contributed by atoms with Gasteiger partial charge in [-0.25, -0.2) is 15.0 Å². The van der Waals surface area contributed by atoms with E-state index >= 15 is 0 Å². The van der Waals surface area contributed by atoms with Crippen LogP contribution in [-0.4, -0.2) is 19.9 Å². The van der Waals surface area contributed by atoms with Crippen molar-refractivity contribution in [3.63, 3.8) is 0 Å². The summed E-state index contributed by atoms with van der Waals surface area (Å²) in [6.07, 6.45) is 1.87. The zero-order valence-electron chi connectivity index (χ0n) is 27.4. The molecule has 0 unspecified atom stereocenters. The predicted octanol–water partition coefficient (Wildman–Crippen LogP) is 11.8. The standard InChI is InChI=1S/C46H28N4O/c1-3-13-29(14-4-1)44-48-45(30-15-5-2-6-16-30)50-46(49-44)33-19-11-18-31(25-33)39-27-34(28-40-36-21-9-10-23-41(36)51-43(39)40)38-26-32-17-7-8-20-35(32)42-37(38)22-12-24-47-42/h1-28H. The Morgan fingerprint density at radius 3 is 1.75 bits per heavy atom. The second kappa shape index (κ2) is 11.9. The molecule has 0 amide bonds. The number of furan rings is 1. The molecule has 0 bridgehead atoms. The lowest BCUT2D eigenvalue weighted by Crippen LogP contribution is -2.00. The molecule has 51 heavy (non-hydrogen) atoms. The molecule has 0 saturated carbocycles. The van der Waals surface area contributed by atoms with Crippen LogP contribution in [0.4, 0.5) is 0 Å². The zero-order chi connectivity index (χ0) is 33.7. The van der Waals surface area contributed by atoms with E-state index < -0.39 is 0 Å². The largest absolute Gasteiger partial charge is 0.455 e. The first-order valence-corrected chi connectivity index (χ1v) is 17.0. The maximum Gasteiger partial charge on any atom is 0.164 e. The maximum atomic E-state index is 6.63. The smallest absolute Gasteiger partial charge is 0.164 e. The highest BCUT2D eigenvalue weighted by Crippen LogP contribution is 2.42. The van der Waals surface area contributed by atoms with Crippen molar-refractivity contribution in [2.45, 2.75) is 0 Å². The van der Waals surface area contributed by atoms with Crippen molar-refractivity contribution in [1.29, 1.82) is 0 Å². The van der Waals surface area contributed by atoms with Crippen molar-refractivity contribution < 1.29 is 4.42 Å². The molecular weight excluding hydrogens is 625 g/mol. The number of fused-ring (bicyclic) bond motifs is 6. The molecule has 3 heterocycles. The van der Waals surface area contributed by atoms with Gasteiger partial charge >= 0.3 is 0 Å². The second-order valence-corrected chi connectivity index (χ2v) is 12.7. The van der Waals surface area contributed by atoms with Crippen molar-refractivity contribution in [1.82, 2.24) is 19.9 Å². The van der Waals surface area contributed by atoms with Crippen LogP contribution in [0.5, 0.6) is 0 Å². The average Bonchev–Trinajstić information content (AvgIpc) is 3.59. The van der Waals surface area contributed by atoms with E-state index in [1.165, 1.54) is 0 Å². The van der Waals surface area contributed by atoms with Gasteiger partial charge in [0, 0.05) is 50.0 Å². The number of hydrogen-bond donors (Lipinski definition) is 0. The van der Waals surface area contributed by atoms with Gasteiger partial charge in [-0.05, 0) is 58.5 Å². The van der Waals surface area contributed by atoms with Gasteiger partial charge in [0.25, 0.3) is 0 Å². The van der Waals surface area contributed by atoms with E-state index in [2.05, 4.69) is 84.9 Å². The molecule has 0 spiro atoms. The van der Waals surface area contributed by atoms with Crippen LogP contribution in [0.1, 0.15) is 0 Å². The minimum Gasteiger partial charge on any atom is -0.455 e. The monoisotopic (exact) mass is 652 g/mol. The normalized spacial score (nSPS) is 11.5. The molecule has 0 atom stereocenters. The van der Waals surface area contributed by atoms with E-state index in [1.807, 2.05) is 85.1 Å². The van der Waals surface area contributed by atoms with Crippen LogP contribution in [0, 0.1) is 0 Å². The lowest BCUT2D eigenvalue weighted by Gasteiger charge is -2.13. The summed E-state index contributed by atoms with van der Waals surface area (Å²) in [7, 11) is 0. The molecule has 3 aromatic heterocycles. The van der Waals surface area contributed by atoms with Gasteiger partial charge in [0.05, 0.1) is 5.52 Å². The first-order valence-electron chi connectivity index (χ1n) is 17.0. The molecule has 0 aliphatic carbocycles. The Hall–Kier alpha value is -6.98. The van der Waals surface area contributed by atoms with Crippen LogP contribution < -0.4 is 0 Å². The fourth-order valence-electron chi connectivity index (χ4n) is 7.11. The van der Waals surface area contributed by atoms with E-state index in [4.69, 9.17) is 24.4 Å². The lowest BCUT2D eigenvalue weighted by molar-refractivity contribution is 0.670. The van der Waals surface area contributed by atoms with Gasteiger partial charge in [0.2, 0.25) is 0 Å². The Kier molecular flexibility index (Phi) is 6.74. The molecule has 0 aliphatic rings. The number of pyridine rings is 1. The molecule has 0 N–H and O–H groups in total. The Bertz CT molecular complexity index is 2860. The average molecular weight is 653 g/mol. The van der Waals surface area contributed by atoms with E-state index in [0.717, 1.165) is 82.6 Å². The van der Waals surface area contributed by atoms with Gasteiger partial charge in [0.1, 0.15) is 11.2 Å². The Morgan fingerprint density at radius 2 is 0.980 bits per heavy atom. The van der Waals surface area contributed by atoms with Gasteiger partial charge < -0.3 is 4.42 Å². The highest BCUT2D eigenvalue weighted by molar-refractivity contribution is 6.15. The number of nitrogens with zero attached hydrogens (tertiary/aromatic N) is 4. The summed E-state index contributed by atoms with van der Waals surface area (Å²) in [6.45, 7) is 0. The molecule has 10 rings (SSSR count). The van der Waals surface area contributed by atoms with E-state index in [9.17, 15) is 0 Å². The van der Waals surface area contributed by atoms with Crippen LogP contribution in [0.25, 0.3) is 100 Å². The van der Waals surface area contributed by atoms with Crippen molar-refractivity contribution in [3.05, 3.63) is 170 Å². The minimum absolute atomic E-state index is 0.605. The summed E-state index contributed by atoms with van der Waals surface area (Å²) in [6, 6.07) is 56.2. The number of hydrogen-bond acceptors (Lipinski definition) is 5. The van der Waals surface area contributed by atoms with Gasteiger partial charge in [-0.1, -0.05) is 127 Å². The van der Waals surface area contributed by atoms with Crippen molar-refractivity contribution in [2.75, 3.05) is 0 Å². The fraction of sp³-hybridized carbons (Fsp3) is 0. The first-order chi connectivity index (χ1) is 25.3. The maximum absolute atomic E-state index is 6.63. The SMILES string of the molecule is c1ccc(-c2nc(-c3ccccc3)nc(-c3cccc(-c4cc(-c5cc6ccccc6c6ncccc56)cc5c4oc4ccccc45)c3)n2)cc1. The highest BCUT2D eigenvalue weighted by atomic mass is 16.3. The van der Waals surface area contributed by atoms with Crippen molar-refractivity contribution in [2.24, 2.45) is 0 Å². The molecule has 0 aliphatic heterocycles. The van der Waals surface area contributed by atoms with Crippen molar-refractivity contribution in [3.8, 4) is 56.4 Å². The van der Waals surface area contributed by atoms with Crippen LogP contribution in [0.2, 0.25) is 0 Å². The molecule has 5 nitrogen and oxygen atoms in total. The number of para-hydroxylation sites is 1. The van der Waals surface area contributed by atoms with Gasteiger partial charge in [-0.15, -0.1) is 0 Å². The third-order valence-corrected chi connectivity index (χ3v) is 9.53. The van der Waals surface area contributed by atoms with Gasteiger partial charge in [0.15, 0.2) is 17.5 Å². The van der Waals surface area contributed by atoms with E-state index in [1.54, 1.807) is 0 Å². The second-order valence-electron chi connectivity index (χ2n) is 12.7. The van der Waals surface area contributed by atoms with Crippen LogP contribution >= 0.6 is 0 Å². The quantitative estimate of drug-likeness (QED) is 0.173. The molecule has 0 fully saturated rings. The number of aromatic nitrogens is 4. The van der Waals surface area contributed by atoms with Gasteiger partial charge in [-0.2, -0.15) is 0 Å². The third kappa shape index (κ3) is 5.03. The van der Waals surface area contributed by atoms with Crippen LogP contribution in [0.3, 0.4) is 0 Å². The van der Waals surface area contributed by atoms with Gasteiger partial charge in [-0.3, -0.25) is 4.98 Å². The van der Waals surface area contributed by atoms with E-state index in [0.29, 0.717) is 17.5 Å². The summed E-state index contributed by atoms with van der Waals surface area (Å²) in [5, 5.41) is 5.54. The molecule has 10 aromatic rings. The number of benzene rings is 7. The van der Waals surface area contributed by atoms with Crippen molar-refractivity contribution >= 4 is 43.6 Å². The zero-order valence-corrected chi connectivity index (χ0v) is 27.4. The molecule has 238 valence electrons. The summed E-state index contributed by atoms with van der Waals surface area (Å²) >= 11 is 0. The Labute approximate surface area is 293 Å². The first kappa shape index (κ1) is 29.0. The van der Waals surface area contributed by atoms with Crippen LogP contribution in [-0.2, 0) is 0 Å². The van der Waals surface area contributed by atoms with E-state index in [-0.39, 0.29) is 0 Å². The lowest BCUT2D eigenvalue weighted by atomic mass is 9.91. The molecule has 0 saturated heterocycles. The molecule has 5 heteroatoms. The summed E-state index contributed by atoms with van der Waals surface area (Å²) in [5.41, 5.74) is 9.65. The molecular formula is C46H28N4O. The topological polar surface area (TPSA) is 64.7 Å². The fourth-order valence-corrected chi connectivity index (χ4v) is 7.11. The molecule has 0 radical (unpaired) electrons. The molecule has 7 aromatic carbocycles. The third-order valence-electron chi connectivity index (χ3n) is 9.53. The Balaban J connectivity index is 1.21. The summed E-state index contributed by atoms with van der Waals surface area (Å²) < 4.78 is 6.63. The predicted molar refractivity (Wildman–Crippen MR) is 207 cm³/mol. The summed E-state index contributed by atoms with van der Waals surface area (Å²) in [5.74, 6) is 1.86. The highest BCUT2D eigenvalue weighted by Gasteiger charge is 2.19.